The molecule has 1 aliphatic rings. The van der Waals surface area contributed by atoms with Crippen molar-refractivity contribution >= 4 is 16.9 Å². The molecule has 1 amide bonds. The largest absolute Gasteiger partial charge is 0.338 e. The fourth-order valence-electron chi connectivity index (χ4n) is 3.14. The summed E-state index contributed by atoms with van der Waals surface area (Å²) in [5, 5.41) is 0. The molecule has 4 nitrogen and oxygen atoms in total. The molecule has 1 aromatic heterocycles. The molecular weight excluding hydrogens is 262 g/mol. The number of rotatable bonds is 5. The van der Waals surface area contributed by atoms with E-state index >= 15 is 0 Å². The molecule has 1 unspecified atom stereocenters. The molecule has 2 heterocycles. The van der Waals surface area contributed by atoms with E-state index in [1.165, 1.54) is 5.52 Å². The van der Waals surface area contributed by atoms with E-state index in [2.05, 4.69) is 24.1 Å². The van der Waals surface area contributed by atoms with Gasteiger partial charge in [-0.15, -0.1) is 6.58 Å². The summed E-state index contributed by atoms with van der Waals surface area (Å²) in [6.07, 6.45) is 3.40. The van der Waals surface area contributed by atoms with E-state index in [4.69, 9.17) is 4.98 Å². The molecule has 0 bridgehead atoms. The molecule has 1 saturated heterocycles. The second kappa shape index (κ2) is 5.72. The topological polar surface area (TPSA) is 38.1 Å². The maximum atomic E-state index is 12.1. The minimum absolute atomic E-state index is 0.191. The number of hydrogen-bond acceptors (Lipinski definition) is 2. The minimum atomic E-state index is 0.191. The van der Waals surface area contributed by atoms with Crippen LogP contribution < -0.4 is 0 Å². The average Bonchev–Trinajstić information content (AvgIpc) is 3.02. The predicted molar refractivity (Wildman–Crippen MR) is 84.2 cm³/mol. The number of nitrogens with zero attached hydrogens (tertiary/aromatic N) is 3. The highest BCUT2D eigenvalue weighted by Gasteiger charge is 2.33. The molecule has 0 spiro atoms. The number of benzene rings is 1. The van der Waals surface area contributed by atoms with Crippen LogP contribution >= 0.6 is 0 Å². The normalized spacial score (nSPS) is 18.6. The number of carbonyl (C=O) groups excluding carboxylic acids is 1. The van der Waals surface area contributed by atoms with Crippen LogP contribution in [-0.4, -0.2) is 33.4 Å². The lowest BCUT2D eigenvalue weighted by Crippen LogP contribution is -2.25. The summed E-state index contributed by atoms with van der Waals surface area (Å²) in [6.45, 7) is 8.22. The molecule has 0 aliphatic carbocycles. The van der Waals surface area contributed by atoms with Crippen LogP contribution in [-0.2, 0) is 11.3 Å². The first-order valence-electron chi connectivity index (χ1n) is 7.58. The van der Waals surface area contributed by atoms with Crippen LogP contribution in [0.25, 0.3) is 11.0 Å². The molecule has 0 saturated carbocycles. The SMILES string of the molecule is C=CCN1CC(c2nc3ccccc3n2CCC)CC1=O. The number of likely N-dealkylation sites (tertiary alicyclic amines) is 1. The second-order valence-electron chi connectivity index (χ2n) is 5.60. The van der Waals surface area contributed by atoms with Gasteiger partial charge in [0, 0.05) is 32.0 Å². The molecule has 4 heteroatoms. The van der Waals surface area contributed by atoms with Crippen molar-refractivity contribution in [3.8, 4) is 0 Å². The molecule has 3 rings (SSSR count). The van der Waals surface area contributed by atoms with Gasteiger partial charge in [0.25, 0.3) is 0 Å². The zero-order chi connectivity index (χ0) is 14.8. The van der Waals surface area contributed by atoms with Crippen molar-refractivity contribution in [2.24, 2.45) is 0 Å². The smallest absolute Gasteiger partial charge is 0.223 e. The van der Waals surface area contributed by atoms with Crippen molar-refractivity contribution in [1.82, 2.24) is 14.5 Å². The summed E-state index contributed by atoms with van der Waals surface area (Å²) in [6, 6.07) is 8.21. The average molecular weight is 283 g/mol. The summed E-state index contributed by atoms with van der Waals surface area (Å²) in [7, 11) is 0. The highest BCUT2D eigenvalue weighted by atomic mass is 16.2. The first-order chi connectivity index (χ1) is 10.2. The summed E-state index contributed by atoms with van der Waals surface area (Å²) < 4.78 is 2.28. The van der Waals surface area contributed by atoms with Crippen LogP contribution in [0.2, 0.25) is 0 Å². The van der Waals surface area contributed by atoms with Gasteiger partial charge in [0.15, 0.2) is 0 Å². The fraction of sp³-hybridized carbons (Fsp3) is 0.412. The van der Waals surface area contributed by atoms with E-state index in [0.29, 0.717) is 13.0 Å². The molecule has 2 aromatic rings. The van der Waals surface area contributed by atoms with Crippen LogP contribution in [0.5, 0.6) is 0 Å². The number of carbonyl (C=O) groups is 1. The minimum Gasteiger partial charge on any atom is -0.338 e. The van der Waals surface area contributed by atoms with E-state index in [1.807, 2.05) is 23.1 Å². The molecule has 1 fully saturated rings. The predicted octanol–water partition coefficient (Wildman–Crippen LogP) is 2.95. The zero-order valence-corrected chi connectivity index (χ0v) is 12.5. The number of para-hydroxylation sites is 2. The van der Waals surface area contributed by atoms with E-state index in [0.717, 1.165) is 30.9 Å². The summed E-state index contributed by atoms with van der Waals surface area (Å²) in [4.78, 5) is 18.7. The lowest BCUT2D eigenvalue weighted by atomic mass is 10.1. The Morgan fingerprint density at radius 1 is 1.43 bits per heavy atom. The Bertz CT molecular complexity index is 674. The fourth-order valence-corrected chi connectivity index (χ4v) is 3.14. The Balaban J connectivity index is 1.98. The number of amides is 1. The van der Waals surface area contributed by atoms with Gasteiger partial charge in [-0.05, 0) is 18.6 Å². The lowest BCUT2D eigenvalue weighted by Gasteiger charge is -2.15. The highest BCUT2D eigenvalue weighted by molar-refractivity contribution is 5.81. The number of imidazole rings is 1. The third-order valence-electron chi connectivity index (χ3n) is 4.06. The van der Waals surface area contributed by atoms with Gasteiger partial charge in [-0.3, -0.25) is 4.79 Å². The number of hydrogen-bond donors (Lipinski definition) is 0. The molecule has 0 radical (unpaired) electrons. The monoisotopic (exact) mass is 283 g/mol. The van der Waals surface area contributed by atoms with Crippen molar-refractivity contribution in [2.45, 2.75) is 32.2 Å². The Labute approximate surface area is 125 Å². The first-order valence-corrected chi connectivity index (χ1v) is 7.58. The molecule has 1 atom stereocenters. The summed E-state index contributed by atoms with van der Waals surface area (Å²) in [5.41, 5.74) is 2.19. The third-order valence-corrected chi connectivity index (χ3v) is 4.06. The molecule has 1 aromatic carbocycles. The van der Waals surface area contributed by atoms with Crippen molar-refractivity contribution in [2.75, 3.05) is 13.1 Å². The highest BCUT2D eigenvalue weighted by Crippen LogP contribution is 2.30. The van der Waals surface area contributed by atoms with E-state index in [-0.39, 0.29) is 11.8 Å². The first kappa shape index (κ1) is 13.9. The molecule has 110 valence electrons. The van der Waals surface area contributed by atoms with Crippen LogP contribution in [0, 0.1) is 0 Å². The molecule has 0 N–H and O–H groups in total. The van der Waals surface area contributed by atoms with Gasteiger partial charge in [-0.2, -0.15) is 0 Å². The Morgan fingerprint density at radius 3 is 3.00 bits per heavy atom. The molecule has 1 aliphatic heterocycles. The summed E-state index contributed by atoms with van der Waals surface area (Å²) in [5.74, 6) is 1.45. The standard InChI is InChI=1S/C17H21N3O/c1-3-9-19-12-13(11-16(19)21)17-18-14-7-5-6-8-15(14)20(17)10-4-2/h3,5-8,13H,1,4,9-12H2,2H3. The van der Waals surface area contributed by atoms with Crippen molar-refractivity contribution in [1.29, 1.82) is 0 Å². The molecular formula is C17H21N3O. The third kappa shape index (κ3) is 2.46. The van der Waals surface area contributed by atoms with Gasteiger partial charge in [0.2, 0.25) is 5.91 Å². The maximum absolute atomic E-state index is 12.1. The van der Waals surface area contributed by atoms with Gasteiger partial charge < -0.3 is 9.47 Å². The van der Waals surface area contributed by atoms with Crippen LogP contribution in [0.1, 0.15) is 31.5 Å². The van der Waals surface area contributed by atoms with Crippen molar-refractivity contribution < 1.29 is 4.79 Å². The summed E-state index contributed by atoms with van der Waals surface area (Å²) >= 11 is 0. The lowest BCUT2D eigenvalue weighted by molar-refractivity contribution is -0.127. The van der Waals surface area contributed by atoms with E-state index in [1.54, 1.807) is 6.08 Å². The van der Waals surface area contributed by atoms with Crippen LogP contribution in [0.3, 0.4) is 0 Å². The Hall–Kier alpha value is -2.10. The van der Waals surface area contributed by atoms with E-state index in [9.17, 15) is 4.79 Å². The van der Waals surface area contributed by atoms with Crippen molar-refractivity contribution in [3.05, 3.63) is 42.7 Å². The van der Waals surface area contributed by atoms with Crippen molar-refractivity contribution in [3.63, 3.8) is 0 Å². The van der Waals surface area contributed by atoms with Crippen LogP contribution in [0.4, 0.5) is 0 Å². The van der Waals surface area contributed by atoms with Crippen LogP contribution in [0.15, 0.2) is 36.9 Å². The van der Waals surface area contributed by atoms with Gasteiger partial charge in [-0.1, -0.05) is 25.1 Å². The quantitative estimate of drug-likeness (QED) is 0.791. The van der Waals surface area contributed by atoms with E-state index < -0.39 is 0 Å². The van der Waals surface area contributed by atoms with Gasteiger partial charge >= 0.3 is 0 Å². The van der Waals surface area contributed by atoms with Gasteiger partial charge in [0.05, 0.1) is 11.0 Å². The number of aromatic nitrogens is 2. The zero-order valence-electron chi connectivity index (χ0n) is 12.5. The maximum Gasteiger partial charge on any atom is 0.223 e. The van der Waals surface area contributed by atoms with Gasteiger partial charge in [0.1, 0.15) is 5.82 Å². The number of fused-ring (bicyclic) bond motifs is 1. The molecule has 21 heavy (non-hydrogen) atoms. The second-order valence-corrected chi connectivity index (χ2v) is 5.60. The van der Waals surface area contributed by atoms with Gasteiger partial charge in [-0.25, -0.2) is 4.98 Å². The Morgan fingerprint density at radius 2 is 2.24 bits per heavy atom. The number of aryl methyl sites for hydroxylation is 1. The Kier molecular flexibility index (Phi) is 3.78.